The van der Waals surface area contributed by atoms with Gasteiger partial charge in [0.05, 0.1) is 7.11 Å². The number of amides is 1. The number of nitrogens with zero attached hydrogens (tertiary/aromatic N) is 1. The molecule has 1 aliphatic rings. The molecule has 2 rings (SSSR count). The fourth-order valence-electron chi connectivity index (χ4n) is 1.96. The first-order chi connectivity index (χ1) is 8.82. The summed E-state index contributed by atoms with van der Waals surface area (Å²) in [6, 6.07) is 4.20. The summed E-state index contributed by atoms with van der Waals surface area (Å²) >= 11 is 0. The highest BCUT2D eigenvalue weighted by Gasteiger charge is 2.39. The predicted octanol–water partition coefficient (Wildman–Crippen LogP) is 0.805. The minimum absolute atomic E-state index is 0.181. The van der Waals surface area contributed by atoms with Gasteiger partial charge >= 0.3 is 10.2 Å². The summed E-state index contributed by atoms with van der Waals surface area (Å²) in [5.41, 5.74) is 0.300. The van der Waals surface area contributed by atoms with Crippen LogP contribution in [0.4, 0.5) is 9.57 Å². The molecule has 19 heavy (non-hydrogen) atoms. The lowest BCUT2D eigenvalue weighted by Gasteiger charge is -2.17. The number of carbonyl (C=O) groups is 1. The van der Waals surface area contributed by atoms with Gasteiger partial charge in [-0.05, 0) is 12.1 Å². The Bertz CT molecular complexity index is 616. The van der Waals surface area contributed by atoms with Crippen LogP contribution in [0.3, 0.4) is 0 Å². The summed E-state index contributed by atoms with van der Waals surface area (Å²) < 4.78 is 39.4. The smallest absolute Gasteiger partial charge is 0.307 e. The fourth-order valence-corrected chi connectivity index (χ4v) is 2.63. The van der Waals surface area contributed by atoms with E-state index < -0.39 is 27.8 Å². The van der Waals surface area contributed by atoms with Gasteiger partial charge in [-0.1, -0.05) is 0 Å². The van der Waals surface area contributed by atoms with Crippen molar-refractivity contribution >= 4 is 21.8 Å². The van der Waals surface area contributed by atoms with Crippen LogP contribution in [0.25, 0.3) is 0 Å². The number of hydrogen-bond acceptors (Lipinski definition) is 5. The summed E-state index contributed by atoms with van der Waals surface area (Å²) in [7, 11) is -3.37. The Balaban J connectivity index is 2.28. The molecule has 1 atom stereocenters. The predicted molar refractivity (Wildman–Crippen MR) is 65.4 cm³/mol. The summed E-state index contributed by atoms with van der Waals surface area (Å²) in [5.74, 6) is -0.458. The van der Waals surface area contributed by atoms with Gasteiger partial charge in [0.25, 0.3) is 0 Å². The topological polar surface area (TPSA) is 83.9 Å². The minimum Gasteiger partial charge on any atom is -0.504 e. The van der Waals surface area contributed by atoms with E-state index in [9.17, 15) is 22.2 Å². The molecular formula is C11H12FNO5S. The van der Waals surface area contributed by atoms with Gasteiger partial charge < -0.3 is 14.7 Å². The van der Waals surface area contributed by atoms with Gasteiger partial charge in [-0.25, -0.2) is 0 Å². The maximum Gasteiger partial charge on any atom is 0.307 e. The van der Waals surface area contributed by atoms with Crippen LogP contribution >= 0.6 is 0 Å². The Hall–Kier alpha value is -1.83. The number of phenolic OH excluding ortho intramolecular Hbond substituents is 1. The monoisotopic (exact) mass is 289 g/mol. The number of ether oxygens (including phenoxy) is 1. The number of halogens is 1. The van der Waals surface area contributed by atoms with Crippen molar-refractivity contribution in [2.45, 2.75) is 11.7 Å². The number of carbonyl (C=O) groups excluding carboxylic acids is 1. The number of rotatable bonds is 3. The number of anilines is 1. The zero-order valence-corrected chi connectivity index (χ0v) is 10.9. The van der Waals surface area contributed by atoms with Crippen LogP contribution in [0.5, 0.6) is 11.5 Å². The molecule has 1 aromatic carbocycles. The highest BCUT2D eigenvalue weighted by molar-refractivity contribution is 7.87. The van der Waals surface area contributed by atoms with E-state index >= 15 is 0 Å². The number of hydrogen-bond donors (Lipinski definition) is 1. The molecule has 1 aromatic rings. The van der Waals surface area contributed by atoms with Gasteiger partial charge in [-0.2, -0.15) is 8.42 Å². The van der Waals surface area contributed by atoms with Gasteiger partial charge in [-0.3, -0.25) is 4.79 Å². The summed E-state index contributed by atoms with van der Waals surface area (Å²) in [6.45, 7) is -0.260. The average Bonchev–Trinajstić information content (AvgIpc) is 2.71. The van der Waals surface area contributed by atoms with E-state index in [0.29, 0.717) is 5.69 Å². The van der Waals surface area contributed by atoms with Crippen molar-refractivity contribution in [3.63, 3.8) is 0 Å². The van der Waals surface area contributed by atoms with Gasteiger partial charge in [0, 0.05) is 24.7 Å². The van der Waals surface area contributed by atoms with E-state index in [0.717, 1.165) is 4.90 Å². The first kappa shape index (κ1) is 13.6. The second-order valence-corrected chi connectivity index (χ2v) is 5.78. The van der Waals surface area contributed by atoms with E-state index in [4.69, 9.17) is 4.74 Å². The maximum atomic E-state index is 12.9. The number of phenols is 1. The molecule has 0 saturated carbocycles. The van der Waals surface area contributed by atoms with Crippen LogP contribution in [0.15, 0.2) is 18.2 Å². The Morgan fingerprint density at radius 3 is 2.63 bits per heavy atom. The molecule has 0 bridgehead atoms. The molecule has 0 aliphatic carbocycles. The van der Waals surface area contributed by atoms with E-state index in [1.165, 1.54) is 25.3 Å². The molecule has 0 spiro atoms. The summed E-state index contributed by atoms with van der Waals surface area (Å²) in [4.78, 5) is 12.8. The molecule has 1 saturated heterocycles. The van der Waals surface area contributed by atoms with E-state index in [1.807, 2.05) is 0 Å². The quantitative estimate of drug-likeness (QED) is 0.832. The van der Waals surface area contributed by atoms with Crippen molar-refractivity contribution in [2.24, 2.45) is 0 Å². The van der Waals surface area contributed by atoms with Crippen molar-refractivity contribution in [2.75, 3.05) is 18.6 Å². The Labute approximate surface area is 109 Å². The van der Waals surface area contributed by atoms with Gasteiger partial charge in [0.15, 0.2) is 11.5 Å². The van der Waals surface area contributed by atoms with Gasteiger partial charge in [0.2, 0.25) is 5.91 Å². The standard InChI is InChI=1S/C11H12FNO5S/c1-18-10-3-2-7(4-9(10)14)13-6-8(5-11(13)15)19(12,16)17/h2-4,8,14H,5-6H2,1H3. The molecule has 1 fully saturated rings. The molecule has 104 valence electrons. The van der Waals surface area contributed by atoms with E-state index in [1.54, 1.807) is 0 Å². The number of methoxy groups -OCH3 is 1. The Morgan fingerprint density at radius 1 is 1.47 bits per heavy atom. The van der Waals surface area contributed by atoms with Gasteiger partial charge in [0.1, 0.15) is 5.25 Å². The molecule has 1 unspecified atom stereocenters. The third kappa shape index (κ3) is 2.62. The molecule has 6 nitrogen and oxygen atoms in total. The van der Waals surface area contributed by atoms with Crippen molar-refractivity contribution in [1.29, 1.82) is 0 Å². The second-order valence-electron chi connectivity index (χ2n) is 4.16. The average molecular weight is 289 g/mol. The highest BCUT2D eigenvalue weighted by Crippen LogP contribution is 2.33. The summed E-state index contributed by atoms with van der Waals surface area (Å²) in [5, 5.41) is 8.25. The minimum atomic E-state index is -4.75. The van der Waals surface area contributed by atoms with Crippen LogP contribution in [-0.2, 0) is 15.0 Å². The highest BCUT2D eigenvalue weighted by atomic mass is 32.3. The first-order valence-electron chi connectivity index (χ1n) is 5.43. The first-order valence-corrected chi connectivity index (χ1v) is 6.88. The summed E-state index contributed by atoms with van der Waals surface area (Å²) in [6.07, 6.45) is -0.397. The van der Waals surface area contributed by atoms with E-state index in [-0.39, 0.29) is 18.0 Å². The van der Waals surface area contributed by atoms with Crippen LogP contribution in [0, 0.1) is 0 Å². The molecule has 8 heteroatoms. The number of aromatic hydroxyl groups is 1. The van der Waals surface area contributed by atoms with Crippen LogP contribution in [0.1, 0.15) is 6.42 Å². The molecule has 1 heterocycles. The fraction of sp³-hybridized carbons (Fsp3) is 0.364. The van der Waals surface area contributed by atoms with Crippen molar-refractivity contribution in [3.05, 3.63) is 18.2 Å². The largest absolute Gasteiger partial charge is 0.504 e. The number of benzene rings is 1. The van der Waals surface area contributed by atoms with E-state index in [2.05, 4.69) is 0 Å². The lowest BCUT2D eigenvalue weighted by atomic mass is 10.2. The Kier molecular flexibility index (Phi) is 3.36. The molecule has 1 aliphatic heterocycles. The third-order valence-electron chi connectivity index (χ3n) is 2.96. The molecular weight excluding hydrogens is 277 g/mol. The lowest BCUT2D eigenvalue weighted by Crippen LogP contribution is -2.26. The third-order valence-corrected chi connectivity index (χ3v) is 4.07. The molecule has 0 radical (unpaired) electrons. The zero-order valence-electron chi connectivity index (χ0n) is 10.0. The maximum absolute atomic E-state index is 12.9. The van der Waals surface area contributed by atoms with Crippen LogP contribution in [-0.4, -0.2) is 38.3 Å². The second kappa shape index (κ2) is 4.69. The molecule has 0 aromatic heterocycles. The molecule has 1 N–H and O–H groups in total. The van der Waals surface area contributed by atoms with Crippen LogP contribution in [0.2, 0.25) is 0 Å². The van der Waals surface area contributed by atoms with Crippen LogP contribution < -0.4 is 9.64 Å². The van der Waals surface area contributed by atoms with Crippen molar-refractivity contribution < 1.29 is 26.9 Å². The Morgan fingerprint density at radius 2 is 2.16 bits per heavy atom. The van der Waals surface area contributed by atoms with Crippen molar-refractivity contribution in [1.82, 2.24) is 0 Å². The SMILES string of the molecule is COc1ccc(N2CC(S(=O)(=O)F)CC2=O)cc1O. The molecule has 1 amide bonds. The van der Waals surface area contributed by atoms with Crippen molar-refractivity contribution in [3.8, 4) is 11.5 Å². The van der Waals surface area contributed by atoms with Gasteiger partial charge in [-0.15, -0.1) is 3.89 Å². The lowest BCUT2D eigenvalue weighted by molar-refractivity contribution is -0.117. The zero-order chi connectivity index (χ0) is 14.2. The normalized spacial score (nSPS) is 19.8.